The number of rotatable bonds is 4. The SMILES string of the molecule is CCC(N)C(N1CCC(N2CCCCC2)C1)C(F)(F)F. The molecule has 118 valence electrons. The summed E-state index contributed by atoms with van der Waals surface area (Å²) in [6.07, 6.45) is 0.560. The van der Waals surface area contributed by atoms with Gasteiger partial charge < -0.3 is 5.73 Å². The average Bonchev–Trinajstić information content (AvgIpc) is 2.87. The fourth-order valence-corrected chi connectivity index (χ4v) is 3.55. The van der Waals surface area contributed by atoms with Crippen LogP contribution < -0.4 is 5.73 Å². The second-order valence-corrected chi connectivity index (χ2v) is 6.09. The molecule has 3 atom stereocenters. The molecule has 0 amide bonds. The van der Waals surface area contributed by atoms with E-state index in [9.17, 15) is 13.2 Å². The Morgan fingerprint density at radius 3 is 2.35 bits per heavy atom. The van der Waals surface area contributed by atoms with E-state index in [1.807, 2.05) is 0 Å². The van der Waals surface area contributed by atoms with Gasteiger partial charge in [0.15, 0.2) is 0 Å². The molecule has 0 aliphatic carbocycles. The van der Waals surface area contributed by atoms with Gasteiger partial charge in [0.05, 0.1) is 0 Å². The van der Waals surface area contributed by atoms with Gasteiger partial charge in [-0.25, -0.2) is 0 Å². The van der Waals surface area contributed by atoms with Crippen LogP contribution in [0.15, 0.2) is 0 Å². The molecule has 0 aromatic carbocycles. The van der Waals surface area contributed by atoms with Crippen molar-refractivity contribution in [2.75, 3.05) is 26.2 Å². The molecule has 0 aromatic heterocycles. The lowest BCUT2D eigenvalue weighted by molar-refractivity contribution is -0.187. The fourth-order valence-electron chi connectivity index (χ4n) is 3.55. The molecule has 3 unspecified atom stereocenters. The number of likely N-dealkylation sites (tertiary alicyclic amines) is 2. The van der Waals surface area contributed by atoms with E-state index < -0.39 is 18.3 Å². The first kappa shape index (κ1) is 16.0. The van der Waals surface area contributed by atoms with Crippen LogP contribution in [0.25, 0.3) is 0 Å². The molecule has 20 heavy (non-hydrogen) atoms. The van der Waals surface area contributed by atoms with Gasteiger partial charge >= 0.3 is 6.18 Å². The van der Waals surface area contributed by atoms with Crippen LogP contribution in [-0.2, 0) is 0 Å². The first-order valence-electron chi connectivity index (χ1n) is 7.74. The molecule has 2 fully saturated rings. The Kier molecular flexibility index (Phi) is 5.31. The Labute approximate surface area is 119 Å². The van der Waals surface area contributed by atoms with E-state index in [-0.39, 0.29) is 6.04 Å². The monoisotopic (exact) mass is 293 g/mol. The van der Waals surface area contributed by atoms with Crippen molar-refractivity contribution in [3.63, 3.8) is 0 Å². The number of piperidine rings is 1. The first-order valence-corrected chi connectivity index (χ1v) is 7.74. The number of halogens is 3. The summed E-state index contributed by atoms with van der Waals surface area (Å²) in [4.78, 5) is 3.93. The molecule has 3 nitrogen and oxygen atoms in total. The summed E-state index contributed by atoms with van der Waals surface area (Å²) < 4.78 is 39.7. The molecule has 2 rings (SSSR count). The highest BCUT2D eigenvalue weighted by Crippen LogP contribution is 2.31. The number of nitrogens with zero attached hydrogens (tertiary/aromatic N) is 2. The lowest BCUT2D eigenvalue weighted by atomic mass is 10.0. The maximum absolute atomic E-state index is 13.2. The van der Waals surface area contributed by atoms with Gasteiger partial charge in [0.25, 0.3) is 0 Å². The zero-order valence-electron chi connectivity index (χ0n) is 12.2. The number of hydrogen-bond acceptors (Lipinski definition) is 3. The Morgan fingerprint density at radius 1 is 1.15 bits per heavy atom. The van der Waals surface area contributed by atoms with Crippen LogP contribution in [0.5, 0.6) is 0 Å². The minimum absolute atomic E-state index is 0.282. The highest BCUT2D eigenvalue weighted by Gasteiger charge is 2.48. The summed E-state index contributed by atoms with van der Waals surface area (Å²) in [7, 11) is 0. The molecule has 0 aromatic rings. The predicted octanol–water partition coefficient (Wildman–Crippen LogP) is 2.21. The third kappa shape index (κ3) is 3.65. The zero-order chi connectivity index (χ0) is 14.8. The zero-order valence-corrected chi connectivity index (χ0v) is 12.2. The molecule has 6 heteroatoms. The highest BCUT2D eigenvalue weighted by atomic mass is 19.4. The van der Waals surface area contributed by atoms with Crippen LogP contribution in [0, 0.1) is 0 Å². The molecule has 2 saturated heterocycles. The summed E-state index contributed by atoms with van der Waals surface area (Å²) in [6.45, 7) is 4.82. The average molecular weight is 293 g/mol. The smallest absolute Gasteiger partial charge is 0.326 e. The van der Waals surface area contributed by atoms with E-state index in [4.69, 9.17) is 5.73 Å². The third-order valence-corrected chi connectivity index (χ3v) is 4.71. The molecule has 0 bridgehead atoms. The second kappa shape index (κ2) is 6.62. The normalized spacial score (nSPS) is 29.6. The van der Waals surface area contributed by atoms with Crippen molar-refractivity contribution in [2.45, 2.75) is 63.3 Å². The van der Waals surface area contributed by atoms with E-state index in [0.29, 0.717) is 19.5 Å². The van der Waals surface area contributed by atoms with Gasteiger partial charge in [-0.2, -0.15) is 13.2 Å². The Balaban J connectivity index is 1.98. The Bertz CT molecular complexity index is 303. The minimum Gasteiger partial charge on any atom is -0.326 e. The van der Waals surface area contributed by atoms with Crippen molar-refractivity contribution in [3.05, 3.63) is 0 Å². The van der Waals surface area contributed by atoms with Crippen LogP contribution in [0.2, 0.25) is 0 Å². The van der Waals surface area contributed by atoms with Gasteiger partial charge in [-0.05, 0) is 38.8 Å². The van der Waals surface area contributed by atoms with Crippen molar-refractivity contribution < 1.29 is 13.2 Å². The molecule has 0 spiro atoms. The number of nitrogens with two attached hydrogens (primary N) is 1. The van der Waals surface area contributed by atoms with E-state index in [1.54, 1.807) is 11.8 Å². The standard InChI is InChI=1S/C14H26F3N3/c1-2-12(18)13(14(15,16)17)20-9-6-11(10-20)19-7-4-3-5-8-19/h11-13H,2-10,18H2,1H3. The Hall–Kier alpha value is -0.330. The molecule has 0 saturated carbocycles. The minimum atomic E-state index is -4.23. The van der Waals surface area contributed by atoms with Crippen molar-refractivity contribution in [3.8, 4) is 0 Å². The van der Waals surface area contributed by atoms with Gasteiger partial charge in [0.1, 0.15) is 6.04 Å². The third-order valence-electron chi connectivity index (χ3n) is 4.71. The highest BCUT2D eigenvalue weighted by molar-refractivity contribution is 4.94. The first-order chi connectivity index (χ1) is 9.43. The van der Waals surface area contributed by atoms with Crippen molar-refractivity contribution in [1.82, 2.24) is 9.80 Å². The fraction of sp³-hybridized carbons (Fsp3) is 1.00. The lowest BCUT2D eigenvalue weighted by Crippen LogP contribution is -2.56. The van der Waals surface area contributed by atoms with Crippen molar-refractivity contribution in [1.29, 1.82) is 0 Å². The maximum atomic E-state index is 13.2. The summed E-state index contributed by atoms with van der Waals surface area (Å²) in [5.74, 6) is 0. The van der Waals surface area contributed by atoms with Crippen LogP contribution in [-0.4, -0.2) is 60.3 Å². The largest absolute Gasteiger partial charge is 0.405 e. The van der Waals surface area contributed by atoms with Crippen LogP contribution in [0.1, 0.15) is 39.0 Å². The number of alkyl halides is 3. The van der Waals surface area contributed by atoms with E-state index in [1.165, 1.54) is 19.3 Å². The Morgan fingerprint density at radius 2 is 1.80 bits per heavy atom. The van der Waals surface area contributed by atoms with E-state index in [2.05, 4.69) is 4.90 Å². The van der Waals surface area contributed by atoms with Crippen molar-refractivity contribution in [2.24, 2.45) is 5.73 Å². The maximum Gasteiger partial charge on any atom is 0.405 e. The molecule has 2 N–H and O–H groups in total. The van der Waals surface area contributed by atoms with Gasteiger partial charge in [-0.3, -0.25) is 9.80 Å². The second-order valence-electron chi connectivity index (χ2n) is 6.09. The predicted molar refractivity (Wildman–Crippen MR) is 73.5 cm³/mol. The summed E-state index contributed by atoms with van der Waals surface area (Å²) in [5, 5.41) is 0. The van der Waals surface area contributed by atoms with Crippen LogP contribution >= 0.6 is 0 Å². The van der Waals surface area contributed by atoms with E-state index >= 15 is 0 Å². The summed E-state index contributed by atoms with van der Waals surface area (Å²) in [6, 6.07) is -2.03. The topological polar surface area (TPSA) is 32.5 Å². The van der Waals surface area contributed by atoms with Crippen LogP contribution in [0.3, 0.4) is 0 Å². The molecule has 2 aliphatic heterocycles. The number of hydrogen-bond donors (Lipinski definition) is 1. The van der Waals surface area contributed by atoms with Gasteiger partial charge in [-0.1, -0.05) is 13.3 Å². The van der Waals surface area contributed by atoms with E-state index in [0.717, 1.165) is 19.5 Å². The molecule has 2 heterocycles. The quantitative estimate of drug-likeness (QED) is 0.862. The molecule has 2 aliphatic rings. The van der Waals surface area contributed by atoms with Crippen LogP contribution in [0.4, 0.5) is 13.2 Å². The molecular weight excluding hydrogens is 267 g/mol. The lowest BCUT2D eigenvalue weighted by Gasteiger charge is -2.36. The molecule has 0 radical (unpaired) electrons. The molecular formula is C14H26F3N3. The van der Waals surface area contributed by atoms with Gasteiger partial charge in [-0.15, -0.1) is 0 Å². The van der Waals surface area contributed by atoms with Crippen molar-refractivity contribution >= 4 is 0 Å². The van der Waals surface area contributed by atoms with Gasteiger partial charge in [0.2, 0.25) is 0 Å². The summed E-state index contributed by atoms with van der Waals surface area (Å²) in [5.41, 5.74) is 5.73. The van der Waals surface area contributed by atoms with Gasteiger partial charge in [0, 0.05) is 25.2 Å². The summed E-state index contributed by atoms with van der Waals surface area (Å²) >= 11 is 0.